The highest BCUT2D eigenvalue weighted by atomic mass is 19.4. The molecule has 1 aliphatic rings. The number of fused-ring (bicyclic) bond motifs is 1. The number of aliphatic imine (C=N–C) groups is 1. The molecule has 0 spiro atoms. The first kappa shape index (κ1) is 29.6. The molecule has 0 aliphatic carbocycles. The summed E-state index contributed by atoms with van der Waals surface area (Å²) in [4.78, 5) is 30.7. The molecule has 2 amide bonds. The van der Waals surface area contributed by atoms with Crippen molar-refractivity contribution in [2.75, 3.05) is 11.4 Å². The lowest BCUT2D eigenvalue weighted by molar-refractivity contribution is -0.143. The second-order valence-electron chi connectivity index (χ2n) is 8.91. The summed E-state index contributed by atoms with van der Waals surface area (Å²) in [6.07, 6.45) is -18.4. The fraction of sp³-hybridized carbons (Fsp3) is 0.222. The van der Waals surface area contributed by atoms with Crippen LogP contribution < -0.4 is 10.2 Å². The van der Waals surface area contributed by atoms with Crippen LogP contribution >= 0.6 is 0 Å². The molecule has 216 valence electrons. The van der Waals surface area contributed by atoms with E-state index in [-0.39, 0.29) is 23.0 Å². The highest BCUT2D eigenvalue weighted by Gasteiger charge is 2.41. The molecule has 0 bridgehead atoms. The lowest BCUT2D eigenvalue weighted by atomic mass is 10.00. The average molecular weight is 587 g/mol. The fourth-order valence-corrected chi connectivity index (χ4v) is 4.24. The molecule has 4 rings (SSSR count). The molecule has 0 fully saturated rings. The van der Waals surface area contributed by atoms with Gasteiger partial charge in [0.25, 0.3) is 5.91 Å². The third kappa shape index (κ3) is 6.87. The van der Waals surface area contributed by atoms with E-state index in [1.54, 1.807) is 30.3 Å². The highest BCUT2D eigenvalue weighted by Crippen LogP contribution is 2.37. The molecule has 0 saturated heterocycles. The minimum absolute atomic E-state index is 0.0232. The zero-order chi connectivity index (χ0) is 30.2. The summed E-state index contributed by atoms with van der Waals surface area (Å²) in [5.41, 5.74) is -3.82. The van der Waals surface area contributed by atoms with E-state index in [1.807, 2.05) is 0 Å². The summed E-state index contributed by atoms with van der Waals surface area (Å²) >= 11 is 0. The number of benzodiazepines with no additional fused rings is 1. The van der Waals surface area contributed by atoms with E-state index in [4.69, 9.17) is 0 Å². The van der Waals surface area contributed by atoms with Crippen LogP contribution in [0.3, 0.4) is 0 Å². The molecule has 1 N–H and O–H groups in total. The van der Waals surface area contributed by atoms with Gasteiger partial charge >= 0.3 is 18.5 Å². The molecule has 1 heterocycles. The van der Waals surface area contributed by atoms with Gasteiger partial charge in [0, 0.05) is 11.1 Å². The second kappa shape index (κ2) is 10.9. The molecule has 0 saturated carbocycles. The molecule has 0 unspecified atom stereocenters. The number of anilines is 1. The number of nitrogens with zero attached hydrogens (tertiary/aromatic N) is 2. The lowest BCUT2D eigenvalue weighted by Gasteiger charge is -2.26. The predicted molar refractivity (Wildman–Crippen MR) is 129 cm³/mol. The number of carbonyl (C=O) groups is 2. The van der Waals surface area contributed by atoms with Crippen molar-refractivity contribution in [3.63, 3.8) is 0 Å². The Balaban J connectivity index is 1.74. The maximum atomic E-state index is 13.6. The number of halogens is 9. The third-order valence-corrected chi connectivity index (χ3v) is 5.98. The number of nitrogens with one attached hydrogen (secondary N) is 1. The van der Waals surface area contributed by atoms with Crippen molar-refractivity contribution in [2.45, 2.75) is 31.1 Å². The molecule has 3 aromatic carbocycles. The Morgan fingerprint density at radius 3 is 2.07 bits per heavy atom. The molecule has 0 aromatic heterocycles. The van der Waals surface area contributed by atoms with Crippen molar-refractivity contribution in [3.05, 3.63) is 101 Å². The smallest absolute Gasteiger partial charge is 0.326 e. The molecular formula is C27H18F9N3O2. The van der Waals surface area contributed by atoms with Crippen molar-refractivity contribution in [2.24, 2.45) is 4.99 Å². The van der Waals surface area contributed by atoms with Crippen LogP contribution in [0.2, 0.25) is 0 Å². The quantitative estimate of drug-likeness (QED) is 0.364. The maximum Gasteiger partial charge on any atom is 0.416 e. The highest BCUT2D eigenvalue weighted by molar-refractivity contribution is 6.20. The largest absolute Gasteiger partial charge is 0.416 e. The second-order valence-corrected chi connectivity index (χ2v) is 8.91. The summed E-state index contributed by atoms with van der Waals surface area (Å²) in [5, 5.41) is 2.06. The zero-order valence-electron chi connectivity index (χ0n) is 20.5. The summed E-state index contributed by atoms with van der Waals surface area (Å²) in [6.45, 7) is -1.76. The number of amides is 2. The van der Waals surface area contributed by atoms with Gasteiger partial charge in [-0.1, -0.05) is 54.6 Å². The van der Waals surface area contributed by atoms with Crippen LogP contribution in [-0.4, -0.2) is 36.4 Å². The van der Waals surface area contributed by atoms with E-state index < -0.39 is 66.2 Å². The third-order valence-electron chi connectivity index (χ3n) is 5.98. The van der Waals surface area contributed by atoms with Gasteiger partial charge in [0.05, 0.1) is 28.9 Å². The van der Waals surface area contributed by atoms with Gasteiger partial charge in [0.1, 0.15) is 6.54 Å². The van der Waals surface area contributed by atoms with Crippen LogP contribution in [0.4, 0.5) is 45.2 Å². The van der Waals surface area contributed by atoms with Gasteiger partial charge in [-0.05, 0) is 23.8 Å². The Labute approximate surface area is 226 Å². The Hall–Kier alpha value is -4.36. The first-order chi connectivity index (χ1) is 19.0. The Morgan fingerprint density at radius 1 is 0.829 bits per heavy atom. The Morgan fingerprint density at radius 2 is 1.46 bits per heavy atom. The van der Waals surface area contributed by atoms with Gasteiger partial charge in [-0.3, -0.25) is 14.5 Å². The van der Waals surface area contributed by atoms with Gasteiger partial charge in [-0.2, -0.15) is 39.5 Å². The first-order valence-corrected chi connectivity index (χ1v) is 11.7. The summed E-state index contributed by atoms with van der Waals surface area (Å²) in [5.74, 6) is -2.61. The van der Waals surface area contributed by atoms with Crippen molar-refractivity contribution in [1.29, 1.82) is 0 Å². The van der Waals surface area contributed by atoms with Crippen molar-refractivity contribution >= 4 is 23.2 Å². The SMILES string of the molecule is O=C(Cc1ccc(C(F)(F)F)cc1C(F)(F)F)N[C@H]1N=C(c2ccccc2)c2ccccc2N(CC(F)(F)F)C1=O. The van der Waals surface area contributed by atoms with Crippen molar-refractivity contribution in [1.82, 2.24) is 5.32 Å². The van der Waals surface area contributed by atoms with Crippen LogP contribution in [0.5, 0.6) is 0 Å². The minimum Gasteiger partial charge on any atom is -0.326 e. The molecule has 41 heavy (non-hydrogen) atoms. The van der Waals surface area contributed by atoms with Gasteiger partial charge in [0.15, 0.2) is 0 Å². The van der Waals surface area contributed by atoms with E-state index >= 15 is 0 Å². The van der Waals surface area contributed by atoms with E-state index in [1.165, 1.54) is 24.3 Å². The standard InChI is InChI=1S/C27H18F9N3O2/c28-25(29,30)14-39-20-9-5-4-8-18(20)22(15-6-2-1-3-7-15)38-23(24(39)41)37-21(40)12-16-10-11-17(26(31,32)33)13-19(16)27(34,35)36/h1-11,13,23H,12,14H2,(H,37,40)/t23-/m0/s1. The minimum atomic E-state index is -5.27. The lowest BCUT2D eigenvalue weighted by Crippen LogP contribution is -2.50. The molecule has 3 aromatic rings. The summed E-state index contributed by atoms with van der Waals surface area (Å²) in [7, 11) is 0. The fourth-order valence-electron chi connectivity index (χ4n) is 4.24. The number of carbonyl (C=O) groups excluding carboxylic acids is 2. The number of hydrogen-bond donors (Lipinski definition) is 1. The van der Waals surface area contributed by atoms with Crippen molar-refractivity contribution in [3.8, 4) is 0 Å². The molecule has 1 aliphatic heterocycles. The summed E-state index contributed by atoms with van der Waals surface area (Å²) < 4.78 is 120. The normalized spacial score (nSPS) is 16.1. The van der Waals surface area contributed by atoms with Gasteiger partial charge in [-0.25, -0.2) is 4.99 Å². The number of benzene rings is 3. The van der Waals surface area contributed by atoms with Crippen LogP contribution in [-0.2, 0) is 28.4 Å². The molecule has 1 atom stereocenters. The number of hydrogen-bond acceptors (Lipinski definition) is 3. The van der Waals surface area contributed by atoms with Crippen LogP contribution in [0.15, 0.2) is 77.8 Å². The van der Waals surface area contributed by atoms with Crippen molar-refractivity contribution < 1.29 is 49.1 Å². The molecular weight excluding hydrogens is 569 g/mol. The van der Waals surface area contributed by atoms with Crippen LogP contribution in [0, 0.1) is 0 Å². The topological polar surface area (TPSA) is 61.8 Å². The molecule has 0 radical (unpaired) electrons. The maximum absolute atomic E-state index is 13.6. The van der Waals surface area contributed by atoms with Crippen LogP contribution in [0.25, 0.3) is 0 Å². The van der Waals surface area contributed by atoms with Crippen LogP contribution in [0.1, 0.15) is 27.8 Å². The predicted octanol–water partition coefficient (Wildman–Crippen LogP) is 6.16. The van der Waals surface area contributed by atoms with Gasteiger partial charge < -0.3 is 5.32 Å². The molecule has 14 heteroatoms. The average Bonchev–Trinajstić information content (AvgIpc) is 2.98. The van der Waals surface area contributed by atoms with E-state index in [2.05, 4.69) is 10.3 Å². The zero-order valence-corrected chi connectivity index (χ0v) is 20.5. The van der Waals surface area contributed by atoms with Gasteiger partial charge in [-0.15, -0.1) is 0 Å². The number of rotatable bonds is 5. The number of para-hydroxylation sites is 1. The van der Waals surface area contributed by atoms with E-state index in [0.29, 0.717) is 22.6 Å². The molecule has 5 nitrogen and oxygen atoms in total. The number of alkyl halides is 9. The van der Waals surface area contributed by atoms with Gasteiger partial charge in [0.2, 0.25) is 12.1 Å². The Kier molecular flexibility index (Phi) is 7.87. The van der Waals surface area contributed by atoms with E-state index in [0.717, 1.165) is 0 Å². The van der Waals surface area contributed by atoms with E-state index in [9.17, 15) is 49.1 Å². The Bertz CT molecular complexity index is 1480. The summed E-state index contributed by atoms with van der Waals surface area (Å²) in [6, 6.07) is 14.2. The first-order valence-electron chi connectivity index (χ1n) is 11.7. The monoisotopic (exact) mass is 587 g/mol.